The van der Waals surface area contributed by atoms with Gasteiger partial charge in [-0.1, -0.05) is 38.5 Å². The quantitative estimate of drug-likeness (QED) is 0.879. The number of nitrogens with zero attached hydrogens (tertiary/aromatic N) is 2. The first-order valence-electron chi connectivity index (χ1n) is 7.95. The van der Waals surface area contributed by atoms with Gasteiger partial charge in [0, 0.05) is 17.9 Å². The van der Waals surface area contributed by atoms with E-state index in [1.165, 1.54) is 51.4 Å². The molecule has 0 aliphatic heterocycles. The Kier molecular flexibility index (Phi) is 3.87. The van der Waals surface area contributed by atoms with Gasteiger partial charge >= 0.3 is 0 Å². The summed E-state index contributed by atoms with van der Waals surface area (Å²) in [6, 6.07) is 0. The molecule has 4 nitrogen and oxygen atoms in total. The van der Waals surface area contributed by atoms with Crippen LogP contribution in [0, 0.1) is 0 Å². The Morgan fingerprint density at radius 3 is 2.47 bits per heavy atom. The summed E-state index contributed by atoms with van der Waals surface area (Å²) in [4.78, 5) is 4.73. The Balaban J connectivity index is 1.63. The van der Waals surface area contributed by atoms with E-state index in [2.05, 4.69) is 10.2 Å². The standard InChI is InChI=1S/C15H26N4/c16-15(9-5-2-6-10-15)11-13-17-14(19-18-13)12-7-3-1-4-8-12/h12H,1-11,16H2,(H,17,18,19). The van der Waals surface area contributed by atoms with Crippen molar-refractivity contribution in [2.75, 3.05) is 0 Å². The third-order valence-corrected chi connectivity index (χ3v) is 4.89. The molecule has 1 aromatic rings. The number of H-pyrrole nitrogens is 1. The summed E-state index contributed by atoms with van der Waals surface area (Å²) in [6.45, 7) is 0. The van der Waals surface area contributed by atoms with Crippen LogP contribution >= 0.6 is 0 Å². The average Bonchev–Trinajstić information content (AvgIpc) is 2.88. The molecule has 3 rings (SSSR count). The first kappa shape index (κ1) is 13.1. The number of rotatable bonds is 3. The predicted molar refractivity (Wildman–Crippen MR) is 75.9 cm³/mol. The van der Waals surface area contributed by atoms with Gasteiger partial charge in [0.15, 0.2) is 5.82 Å². The molecule has 3 N–H and O–H groups in total. The monoisotopic (exact) mass is 262 g/mol. The van der Waals surface area contributed by atoms with Crippen LogP contribution in [0.3, 0.4) is 0 Å². The third kappa shape index (κ3) is 3.16. The molecule has 1 aromatic heterocycles. The molecular weight excluding hydrogens is 236 g/mol. The number of aromatic amines is 1. The zero-order valence-corrected chi connectivity index (χ0v) is 11.8. The molecule has 2 fully saturated rings. The first-order chi connectivity index (χ1) is 9.25. The largest absolute Gasteiger partial charge is 0.325 e. The lowest BCUT2D eigenvalue weighted by Crippen LogP contribution is -2.44. The fourth-order valence-electron chi connectivity index (χ4n) is 3.70. The highest BCUT2D eigenvalue weighted by Gasteiger charge is 2.29. The minimum Gasteiger partial charge on any atom is -0.325 e. The van der Waals surface area contributed by atoms with E-state index in [0.29, 0.717) is 5.92 Å². The van der Waals surface area contributed by atoms with Crippen LogP contribution in [0.5, 0.6) is 0 Å². The third-order valence-electron chi connectivity index (χ3n) is 4.89. The molecule has 0 bridgehead atoms. The zero-order chi connectivity index (χ0) is 13.1. The van der Waals surface area contributed by atoms with Crippen LogP contribution in [0.2, 0.25) is 0 Å². The van der Waals surface area contributed by atoms with Crippen molar-refractivity contribution in [1.82, 2.24) is 15.2 Å². The number of aromatic nitrogens is 3. The second kappa shape index (κ2) is 5.61. The van der Waals surface area contributed by atoms with Gasteiger partial charge in [-0.2, -0.15) is 5.10 Å². The van der Waals surface area contributed by atoms with Gasteiger partial charge in [-0.05, 0) is 25.7 Å². The lowest BCUT2D eigenvalue weighted by Gasteiger charge is -2.32. The summed E-state index contributed by atoms with van der Waals surface area (Å²) >= 11 is 0. The smallest absolute Gasteiger partial charge is 0.153 e. The Hall–Kier alpha value is -0.900. The Morgan fingerprint density at radius 2 is 1.74 bits per heavy atom. The van der Waals surface area contributed by atoms with Crippen LogP contribution in [0.25, 0.3) is 0 Å². The van der Waals surface area contributed by atoms with Crippen molar-refractivity contribution in [1.29, 1.82) is 0 Å². The van der Waals surface area contributed by atoms with Crippen LogP contribution in [0.1, 0.15) is 81.8 Å². The molecule has 2 aliphatic carbocycles. The molecule has 0 spiro atoms. The van der Waals surface area contributed by atoms with Gasteiger partial charge in [0.05, 0.1) is 0 Å². The highest BCUT2D eigenvalue weighted by atomic mass is 15.2. The van der Waals surface area contributed by atoms with E-state index in [9.17, 15) is 0 Å². The van der Waals surface area contributed by atoms with Gasteiger partial charge in [0.2, 0.25) is 0 Å². The normalized spacial score (nSPS) is 24.5. The molecule has 1 heterocycles. The number of nitrogens with two attached hydrogens (primary N) is 1. The molecule has 0 aromatic carbocycles. The van der Waals surface area contributed by atoms with E-state index in [-0.39, 0.29) is 5.54 Å². The number of hydrogen-bond donors (Lipinski definition) is 2. The van der Waals surface area contributed by atoms with Crippen LogP contribution in [0.15, 0.2) is 0 Å². The molecule has 106 valence electrons. The van der Waals surface area contributed by atoms with Crippen LogP contribution < -0.4 is 5.73 Å². The Labute approximate surface area is 115 Å². The molecule has 0 atom stereocenters. The van der Waals surface area contributed by atoms with E-state index < -0.39 is 0 Å². The van der Waals surface area contributed by atoms with Crippen molar-refractivity contribution in [3.8, 4) is 0 Å². The van der Waals surface area contributed by atoms with E-state index in [1.54, 1.807) is 0 Å². The van der Waals surface area contributed by atoms with E-state index >= 15 is 0 Å². The molecule has 19 heavy (non-hydrogen) atoms. The molecule has 2 saturated carbocycles. The van der Waals surface area contributed by atoms with Gasteiger partial charge in [0.1, 0.15) is 5.82 Å². The summed E-state index contributed by atoms with van der Waals surface area (Å²) in [5.41, 5.74) is 6.45. The van der Waals surface area contributed by atoms with Crippen LogP contribution in [0.4, 0.5) is 0 Å². The van der Waals surface area contributed by atoms with E-state index in [4.69, 9.17) is 10.7 Å². The Bertz CT molecular complexity index is 400. The second-order valence-corrected chi connectivity index (χ2v) is 6.58. The maximum absolute atomic E-state index is 6.49. The Morgan fingerprint density at radius 1 is 1.05 bits per heavy atom. The van der Waals surface area contributed by atoms with Crippen LogP contribution in [-0.4, -0.2) is 20.7 Å². The fraction of sp³-hybridized carbons (Fsp3) is 0.867. The summed E-state index contributed by atoms with van der Waals surface area (Å²) in [5, 5.41) is 7.58. The highest BCUT2D eigenvalue weighted by Crippen LogP contribution is 2.32. The van der Waals surface area contributed by atoms with Crippen molar-refractivity contribution in [3.63, 3.8) is 0 Å². The van der Waals surface area contributed by atoms with Crippen molar-refractivity contribution >= 4 is 0 Å². The topological polar surface area (TPSA) is 67.6 Å². The van der Waals surface area contributed by atoms with E-state index in [0.717, 1.165) is 30.9 Å². The maximum Gasteiger partial charge on any atom is 0.153 e. The number of nitrogens with one attached hydrogen (secondary N) is 1. The lowest BCUT2D eigenvalue weighted by molar-refractivity contribution is 0.290. The summed E-state index contributed by atoms with van der Waals surface area (Å²) < 4.78 is 0. The summed E-state index contributed by atoms with van der Waals surface area (Å²) in [7, 11) is 0. The van der Waals surface area contributed by atoms with Gasteiger partial charge in [-0.25, -0.2) is 4.98 Å². The van der Waals surface area contributed by atoms with Crippen molar-refractivity contribution in [3.05, 3.63) is 11.6 Å². The van der Waals surface area contributed by atoms with Gasteiger partial charge < -0.3 is 5.73 Å². The summed E-state index contributed by atoms with van der Waals surface area (Å²) in [5.74, 6) is 2.62. The van der Waals surface area contributed by atoms with Crippen molar-refractivity contribution in [2.45, 2.75) is 82.1 Å². The van der Waals surface area contributed by atoms with E-state index in [1.807, 2.05) is 0 Å². The summed E-state index contributed by atoms with van der Waals surface area (Å²) in [6.07, 6.45) is 13.5. The molecule has 0 saturated heterocycles. The second-order valence-electron chi connectivity index (χ2n) is 6.58. The lowest BCUT2D eigenvalue weighted by atomic mass is 9.80. The minimum absolute atomic E-state index is 0.0401. The minimum atomic E-state index is -0.0401. The first-order valence-corrected chi connectivity index (χ1v) is 7.95. The zero-order valence-electron chi connectivity index (χ0n) is 11.8. The SMILES string of the molecule is NC1(Cc2nc(C3CCCCC3)n[nH]2)CCCCC1. The van der Waals surface area contributed by atoms with Crippen LogP contribution in [-0.2, 0) is 6.42 Å². The average molecular weight is 262 g/mol. The predicted octanol–water partition coefficient (Wildman–Crippen LogP) is 3.06. The van der Waals surface area contributed by atoms with Crippen molar-refractivity contribution in [2.24, 2.45) is 5.73 Å². The van der Waals surface area contributed by atoms with Crippen molar-refractivity contribution < 1.29 is 0 Å². The number of hydrogen-bond acceptors (Lipinski definition) is 3. The maximum atomic E-state index is 6.49. The highest BCUT2D eigenvalue weighted by molar-refractivity contribution is 5.03. The molecule has 0 radical (unpaired) electrons. The molecule has 2 aliphatic rings. The van der Waals surface area contributed by atoms with Gasteiger partial charge in [-0.3, -0.25) is 5.10 Å². The molecular formula is C15H26N4. The fourth-order valence-corrected chi connectivity index (χ4v) is 3.70. The molecule has 4 heteroatoms. The van der Waals surface area contributed by atoms with Gasteiger partial charge in [-0.15, -0.1) is 0 Å². The molecule has 0 unspecified atom stereocenters. The molecule has 0 amide bonds. The van der Waals surface area contributed by atoms with Gasteiger partial charge in [0.25, 0.3) is 0 Å².